The Morgan fingerprint density at radius 3 is 2.40 bits per heavy atom. The number of carboxylic acid groups (broad SMARTS) is 1. The van der Waals surface area contributed by atoms with Gasteiger partial charge >= 0.3 is 12.1 Å². The first-order chi connectivity index (χ1) is 11.7. The molecule has 1 fully saturated rings. The van der Waals surface area contributed by atoms with E-state index in [0.29, 0.717) is 5.75 Å². The summed E-state index contributed by atoms with van der Waals surface area (Å²) in [4.78, 5) is 25.0. The summed E-state index contributed by atoms with van der Waals surface area (Å²) in [7, 11) is 0. The molecule has 6 heteroatoms. The lowest BCUT2D eigenvalue weighted by molar-refractivity contribution is -0.142. The van der Waals surface area contributed by atoms with Gasteiger partial charge in [-0.15, -0.1) is 0 Å². The van der Waals surface area contributed by atoms with Gasteiger partial charge in [-0.2, -0.15) is 0 Å². The molecule has 138 valence electrons. The van der Waals surface area contributed by atoms with E-state index in [1.807, 2.05) is 24.3 Å². The van der Waals surface area contributed by atoms with Crippen LogP contribution in [0.4, 0.5) is 4.79 Å². The topological polar surface area (TPSA) is 76.1 Å². The van der Waals surface area contributed by atoms with E-state index in [1.165, 1.54) is 10.5 Å². The van der Waals surface area contributed by atoms with Gasteiger partial charge in [0, 0.05) is 6.42 Å². The average Bonchev–Trinajstić information content (AvgIpc) is 2.92. The fourth-order valence-corrected chi connectivity index (χ4v) is 2.86. The largest absolute Gasteiger partial charge is 0.488 e. The minimum Gasteiger partial charge on any atom is -0.488 e. The molecule has 25 heavy (non-hydrogen) atoms. The van der Waals surface area contributed by atoms with Crippen LogP contribution < -0.4 is 4.74 Å². The fraction of sp³-hybridized carbons (Fsp3) is 0.579. The van der Waals surface area contributed by atoms with Crippen molar-refractivity contribution in [2.75, 3.05) is 6.54 Å². The maximum absolute atomic E-state index is 12.3. The van der Waals surface area contributed by atoms with Crippen LogP contribution in [0.5, 0.6) is 5.75 Å². The highest BCUT2D eigenvalue weighted by Gasteiger charge is 2.42. The van der Waals surface area contributed by atoms with Gasteiger partial charge in [-0.3, -0.25) is 4.90 Å². The van der Waals surface area contributed by atoms with Gasteiger partial charge < -0.3 is 14.6 Å². The van der Waals surface area contributed by atoms with Crippen molar-refractivity contribution in [1.29, 1.82) is 0 Å². The number of carboxylic acids is 1. The van der Waals surface area contributed by atoms with Crippen molar-refractivity contribution in [2.24, 2.45) is 0 Å². The van der Waals surface area contributed by atoms with Crippen LogP contribution >= 0.6 is 0 Å². The molecule has 1 aliphatic heterocycles. The Labute approximate surface area is 148 Å². The van der Waals surface area contributed by atoms with E-state index in [1.54, 1.807) is 20.8 Å². The zero-order chi connectivity index (χ0) is 18.6. The van der Waals surface area contributed by atoms with Gasteiger partial charge in [-0.25, -0.2) is 9.59 Å². The SMILES string of the molecule is CCCc1ccc(O[C@@H]2C[C@@H](C(=O)O)N(C(=O)OC(C)(C)C)C2)cc1. The average molecular weight is 349 g/mol. The number of benzene rings is 1. The van der Waals surface area contributed by atoms with Crippen molar-refractivity contribution in [2.45, 2.75) is 64.7 Å². The van der Waals surface area contributed by atoms with E-state index in [9.17, 15) is 14.7 Å². The maximum atomic E-state index is 12.3. The van der Waals surface area contributed by atoms with Crippen molar-refractivity contribution in [3.05, 3.63) is 29.8 Å². The lowest BCUT2D eigenvalue weighted by atomic mass is 10.1. The van der Waals surface area contributed by atoms with Crippen LogP contribution in [-0.2, 0) is 16.0 Å². The number of ether oxygens (including phenoxy) is 2. The molecule has 1 amide bonds. The number of aryl methyl sites for hydroxylation is 1. The zero-order valence-electron chi connectivity index (χ0n) is 15.3. The first kappa shape index (κ1) is 19.1. The number of nitrogens with zero attached hydrogens (tertiary/aromatic N) is 1. The molecule has 1 saturated heterocycles. The lowest BCUT2D eigenvalue weighted by Gasteiger charge is -2.26. The predicted octanol–water partition coefficient (Wildman–Crippen LogP) is 3.48. The van der Waals surface area contributed by atoms with Gasteiger partial charge in [0.05, 0.1) is 6.54 Å². The first-order valence-corrected chi connectivity index (χ1v) is 8.67. The predicted molar refractivity (Wildman–Crippen MR) is 93.8 cm³/mol. The molecular weight excluding hydrogens is 322 g/mol. The molecular formula is C19H27NO5. The minimum absolute atomic E-state index is 0.197. The van der Waals surface area contributed by atoms with Crippen LogP contribution in [0.3, 0.4) is 0 Å². The van der Waals surface area contributed by atoms with E-state index >= 15 is 0 Å². The highest BCUT2D eigenvalue weighted by Crippen LogP contribution is 2.25. The van der Waals surface area contributed by atoms with Gasteiger partial charge in [-0.05, 0) is 44.9 Å². The van der Waals surface area contributed by atoms with Gasteiger partial charge in [-0.1, -0.05) is 25.5 Å². The van der Waals surface area contributed by atoms with Crippen molar-refractivity contribution >= 4 is 12.1 Å². The molecule has 1 aliphatic rings. The Morgan fingerprint density at radius 2 is 1.88 bits per heavy atom. The molecule has 1 aromatic rings. The Morgan fingerprint density at radius 1 is 1.24 bits per heavy atom. The molecule has 2 atom stereocenters. The molecule has 0 spiro atoms. The number of hydrogen-bond donors (Lipinski definition) is 1. The number of rotatable bonds is 5. The van der Waals surface area contributed by atoms with Crippen LogP contribution in [0, 0.1) is 0 Å². The smallest absolute Gasteiger partial charge is 0.411 e. The van der Waals surface area contributed by atoms with E-state index in [0.717, 1.165) is 12.8 Å². The van der Waals surface area contributed by atoms with Crippen molar-refractivity contribution in [3.8, 4) is 5.75 Å². The number of hydrogen-bond acceptors (Lipinski definition) is 4. The summed E-state index contributed by atoms with van der Waals surface area (Å²) < 4.78 is 11.2. The van der Waals surface area contributed by atoms with E-state index in [-0.39, 0.29) is 19.1 Å². The number of likely N-dealkylation sites (tertiary alicyclic amines) is 1. The zero-order valence-corrected chi connectivity index (χ0v) is 15.3. The monoisotopic (exact) mass is 349 g/mol. The Kier molecular flexibility index (Phi) is 5.93. The number of carbonyl (C=O) groups is 2. The van der Waals surface area contributed by atoms with Crippen molar-refractivity contribution in [1.82, 2.24) is 4.90 Å². The minimum atomic E-state index is -1.05. The molecule has 0 aliphatic carbocycles. The Hall–Kier alpha value is -2.24. The highest BCUT2D eigenvalue weighted by molar-refractivity contribution is 5.81. The standard InChI is InChI=1S/C19H27NO5/c1-5-6-13-7-9-14(10-8-13)24-15-11-16(17(21)22)20(12-15)18(23)25-19(2,3)4/h7-10,15-16H,5-6,11-12H2,1-4H3,(H,21,22)/t15-,16+/m1/s1. The molecule has 6 nitrogen and oxygen atoms in total. The summed E-state index contributed by atoms with van der Waals surface area (Å²) >= 11 is 0. The molecule has 0 unspecified atom stereocenters. The van der Waals surface area contributed by atoms with Gasteiger partial charge in [0.25, 0.3) is 0 Å². The van der Waals surface area contributed by atoms with E-state index < -0.39 is 23.7 Å². The van der Waals surface area contributed by atoms with Crippen LogP contribution in [0.1, 0.15) is 46.1 Å². The lowest BCUT2D eigenvalue weighted by Crippen LogP contribution is -2.43. The van der Waals surface area contributed by atoms with E-state index in [2.05, 4.69) is 6.92 Å². The van der Waals surface area contributed by atoms with Crippen LogP contribution in [-0.4, -0.2) is 46.4 Å². The molecule has 0 bridgehead atoms. The molecule has 1 N–H and O–H groups in total. The van der Waals surface area contributed by atoms with Gasteiger partial charge in [0.2, 0.25) is 0 Å². The van der Waals surface area contributed by atoms with Gasteiger partial charge in [0.15, 0.2) is 0 Å². The summed E-state index contributed by atoms with van der Waals surface area (Å²) in [6.07, 6.45) is 1.34. The first-order valence-electron chi connectivity index (χ1n) is 8.67. The normalized spacial score (nSPS) is 20.4. The molecule has 2 rings (SSSR count). The molecule has 0 aromatic heterocycles. The van der Waals surface area contributed by atoms with E-state index in [4.69, 9.17) is 9.47 Å². The quantitative estimate of drug-likeness (QED) is 0.881. The van der Waals surface area contributed by atoms with Gasteiger partial charge in [0.1, 0.15) is 23.5 Å². The highest BCUT2D eigenvalue weighted by atomic mass is 16.6. The van der Waals surface area contributed by atoms with Crippen molar-refractivity contribution in [3.63, 3.8) is 0 Å². The third-order valence-electron chi connectivity index (χ3n) is 3.94. The summed E-state index contributed by atoms with van der Waals surface area (Å²) in [6, 6.07) is 6.86. The van der Waals surface area contributed by atoms with Crippen LogP contribution in [0.2, 0.25) is 0 Å². The van der Waals surface area contributed by atoms with Crippen LogP contribution in [0.15, 0.2) is 24.3 Å². The third-order valence-corrected chi connectivity index (χ3v) is 3.94. The fourth-order valence-electron chi connectivity index (χ4n) is 2.86. The maximum Gasteiger partial charge on any atom is 0.411 e. The molecule has 0 radical (unpaired) electrons. The molecule has 1 aromatic carbocycles. The summed E-state index contributed by atoms with van der Waals surface area (Å²) in [6.45, 7) is 7.58. The Bertz CT molecular complexity index is 605. The number of aliphatic carboxylic acids is 1. The number of amides is 1. The second kappa shape index (κ2) is 7.76. The van der Waals surface area contributed by atoms with Crippen molar-refractivity contribution < 1.29 is 24.2 Å². The summed E-state index contributed by atoms with van der Waals surface area (Å²) in [5.74, 6) is -0.365. The second-order valence-electron chi connectivity index (χ2n) is 7.36. The second-order valence-corrected chi connectivity index (χ2v) is 7.36. The molecule has 1 heterocycles. The Balaban J connectivity index is 2.03. The summed E-state index contributed by atoms with van der Waals surface area (Å²) in [5, 5.41) is 9.41. The molecule has 0 saturated carbocycles. The third kappa shape index (κ3) is 5.37. The summed E-state index contributed by atoms with van der Waals surface area (Å²) in [5.41, 5.74) is 0.564. The number of carbonyl (C=O) groups excluding carboxylic acids is 1. The van der Waals surface area contributed by atoms with Crippen LogP contribution in [0.25, 0.3) is 0 Å².